The maximum absolute atomic E-state index is 5.56. The molecule has 1 aromatic heterocycles. The normalized spacial score (nSPS) is 14.4. The number of hydrogen-bond acceptors (Lipinski definition) is 3. The van der Waals surface area contributed by atoms with Crippen LogP contribution in [0.2, 0.25) is 0 Å². The second-order valence-electron chi connectivity index (χ2n) is 4.90. The molecule has 0 aliphatic heterocycles. The van der Waals surface area contributed by atoms with Crippen molar-refractivity contribution in [1.29, 1.82) is 0 Å². The van der Waals surface area contributed by atoms with Crippen LogP contribution in [0.15, 0.2) is 10.8 Å². The summed E-state index contributed by atoms with van der Waals surface area (Å²) in [6.45, 7) is 9.38. The van der Waals surface area contributed by atoms with Crippen LogP contribution in [-0.2, 0) is 13.0 Å². The Bertz CT molecular complexity index is 286. The van der Waals surface area contributed by atoms with Gasteiger partial charge in [-0.05, 0) is 11.3 Å². The molecule has 0 saturated carbocycles. The Morgan fingerprint density at radius 3 is 2.64 bits per heavy atom. The van der Waals surface area contributed by atoms with Gasteiger partial charge in [-0.2, -0.15) is 0 Å². The lowest BCUT2D eigenvalue weighted by Gasteiger charge is -2.26. The summed E-state index contributed by atoms with van der Waals surface area (Å²) in [6, 6.07) is 0. The van der Waals surface area contributed by atoms with E-state index < -0.39 is 0 Å². The van der Waals surface area contributed by atoms with E-state index in [1.54, 1.807) is 0 Å². The van der Waals surface area contributed by atoms with Crippen LogP contribution < -0.4 is 5.73 Å². The number of rotatable bonds is 3. The number of hydrogen-bond donors (Lipinski definition) is 1. The van der Waals surface area contributed by atoms with E-state index in [1.807, 2.05) is 0 Å². The minimum Gasteiger partial charge on any atom is -0.448 e. The van der Waals surface area contributed by atoms with Crippen molar-refractivity contribution in [1.82, 2.24) is 4.98 Å². The highest BCUT2D eigenvalue weighted by Crippen LogP contribution is 2.29. The minimum atomic E-state index is 0.290. The number of oxazole rings is 1. The van der Waals surface area contributed by atoms with E-state index >= 15 is 0 Å². The smallest absolute Gasteiger partial charge is 0.181 e. The van der Waals surface area contributed by atoms with Crippen LogP contribution in [0.5, 0.6) is 0 Å². The molecule has 0 bridgehead atoms. The van der Waals surface area contributed by atoms with Gasteiger partial charge in [0.1, 0.15) is 5.76 Å². The SMILES string of the molecule is CC(Cc1ocnc1CN)C(C)(C)C. The van der Waals surface area contributed by atoms with Gasteiger partial charge in [-0.3, -0.25) is 0 Å². The first-order valence-electron chi connectivity index (χ1n) is 5.06. The van der Waals surface area contributed by atoms with E-state index in [4.69, 9.17) is 10.2 Å². The summed E-state index contributed by atoms with van der Waals surface area (Å²) in [5, 5.41) is 0. The van der Waals surface area contributed by atoms with Gasteiger partial charge in [-0.25, -0.2) is 4.98 Å². The number of aromatic nitrogens is 1. The highest BCUT2D eigenvalue weighted by molar-refractivity contribution is 5.07. The molecule has 0 spiro atoms. The standard InChI is InChI=1S/C11H20N2O/c1-8(11(2,3)4)5-10-9(6-12)13-7-14-10/h7-8H,5-6,12H2,1-4H3. The molecule has 14 heavy (non-hydrogen) atoms. The summed E-state index contributed by atoms with van der Waals surface area (Å²) in [5.74, 6) is 1.50. The molecule has 0 aliphatic rings. The molecule has 1 atom stereocenters. The van der Waals surface area contributed by atoms with Gasteiger partial charge in [0, 0.05) is 13.0 Å². The van der Waals surface area contributed by atoms with Crippen LogP contribution in [0, 0.1) is 11.3 Å². The predicted octanol–water partition coefficient (Wildman–Crippen LogP) is 2.36. The van der Waals surface area contributed by atoms with E-state index in [0.29, 0.717) is 17.9 Å². The first-order valence-corrected chi connectivity index (χ1v) is 5.06. The summed E-state index contributed by atoms with van der Waals surface area (Å²) in [6.07, 6.45) is 2.39. The average Bonchev–Trinajstić information content (AvgIpc) is 2.50. The van der Waals surface area contributed by atoms with Crippen LogP contribution in [0.4, 0.5) is 0 Å². The Kier molecular flexibility index (Phi) is 3.32. The molecule has 0 radical (unpaired) electrons. The lowest BCUT2D eigenvalue weighted by atomic mass is 9.79. The van der Waals surface area contributed by atoms with Crippen LogP contribution >= 0.6 is 0 Å². The zero-order chi connectivity index (χ0) is 10.8. The van der Waals surface area contributed by atoms with Crippen molar-refractivity contribution in [3.05, 3.63) is 17.8 Å². The Morgan fingerprint density at radius 1 is 1.50 bits per heavy atom. The zero-order valence-corrected chi connectivity index (χ0v) is 9.50. The van der Waals surface area contributed by atoms with Gasteiger partial charge in [0.25, 0.3) is 0 Å². The molecule has 0 aliphatic carbocycles. The summed E-state index contributed by atoms with van der Waals surface area (Å²) in [7, 11) is 0. The summed E-state index contributed by atoms with van der Waals surface area (Å²) in [5.41, 5.74) is 6.74. The predicted molar refractivity (Wildman–Crippen MR) is 56.7 cm³/mol. The summed E-state index contributed by atoms with van der Waals surface area (Å²) in [4.78, 5) is 4.08. The number of nitrogens with zero attached hydrogens (tertiary/aromatic N) is 1. The van der Waals surface area contributed by atoms with Gasteiger partial charge in [0.2, 0.25) is 0 Å². The van der Waals surface area contributed by atoms with Crippen molar-refractivity contribution in [2.75, 3.05) is 0 Å². The fraction of sp³-hybridized carbons (Fsp3) is 0.727. The van der Waals surface area contributed by atoms with Gasteiger partial charge < -0.3 is 10.2 Å². The van der Waals surface area contributed by atoms with Gasteiger partial charge in [-0.1, -0.05) is 27.7 Å². The molecule has 1 heterocycles. The van der Waals surface area contributed by atoms with E-state index in [9.17, 15) is 0 Å². The molecule has 0 saturated heterocycles. The monoisotopic (exact) mass is 196 g/mol. The van der Waals surface area contributed by atoms with Crippen molar-refractivity contribution >= 4 is 0 Å². The number of nitrogens with two attached hydrogens (primary N) is 1. The van der Waals surface area contributed by atoms with Gasteiger partial charge in [-0.15, -0.1) is 0 Å². The molecule has 1 aromatic rings. The van der Waals surface area contributed by atoms with Gasteiger partial charge in [0.05, 0.1) is 5.69 Å². The van der Waals surface area contributed by atoms with E-state index in [-0.39, 0.29) is 0 Å². The summed E-state index contributed by atoms with van der Waals surface area (Å²) >= 11 is 0. The maximum atomic E-state index is 5.56. The molecule has 1 unspecified atom stereocenters. The average molecular weight is 196 g/mol. The Hall–Kier alpha value is -0.830. The third-order valence-corrected chi connectivity index (χ3v) is 2.89. The zero-order valence-electron chi connectivity index (χ0n) is 9.50. The van der Waals surface area contributed by atoms with E-state index in [2.05, 4.69) is 32.7 Å². The van der Waals surface area contributed by atoms with Crippen molar-refractivity contribution < 1.29 is 4.42 Å². The molecule has 3 heteroatoms. The fourth-order valence-electron chi connectivity index (χ4n) is 1.21. The van der Waals surface area contributed by atoms with Crippen molar-refractivity contribution in [2.24, 2.45) is 17.1 Å². The van der Waals surface area contributed by atoms with Gasteiger partial charge in [0.15, 0.2) is 6.39 Å². The molecule has 1 rings (SSSR count). The molecule has 80 valence electrons. The van der Waals surface area contributed by atoms with E-state index in [0.717, 1.165) is 17.9 Å². The Morgan fingerprint density at radius 2 is 2.14 bits per heavy atom. The lowest BCUT2D eigenvalue weighted by Crippen LogP contribution is -2.20. The highest BCUT2D eigenvalue weighted by Gasteiger charge is 2.22. The molecule has 0 aromatic carbocycles. The minimum absolute atomic E-state index is 0.290. The van der Waals surface area contributed by atoms with Crippen LogP contribution in [0.3, 0.4) is 0 Å². The second-order valence-corrected chi connectivity index (χ2v) is 4.90. The first-order chi connectivity index (χ1) is 6.45. The molecule has 3 nitrogen and oxygen atoms in total. The fourth-order valence-corrected chi connectivity index (χ4v) is 1.21. The molecule has 0 fully saturated rings. The summed E-state index contributed by atoms with van der Waals surface area (Å²) < 4.78 is 5.33. The van der Waals surface area contributed by atoms with Crippen molar-refractivity contribution in [3.63, 3.8) is 0 Å². The van der Waals surface area contributed by atoms with Gasteiger partial charge >= 0.3 is 0 Å². The van der Waals surface area contributed by atoms with Crippen LogP contribution in [-0.4, -0.2) is 4.98 Å². The van der Waals surface area contributed by atoms with Crippen molar-refractivity contribution in [3.8, 4) is 0 Å². The third-order valence-electron chi connectivity index (χ3n) is 2.89. The molecule has 2 N–H and O–H groups in total. The second kappa shape index (κ2) is 4.13. The molecular formula is C11H20N2O. The van der Waals surface area contributed by atoms with Crippen LogP contribution in [0.25, 0.3) is 0 Å². The van der Waals surface area contributed by atoms with E-state index in [1.165, 1.54) is 6.39 Å². The third kappa shape index (κ3) is 2.58. The Labute approximate surface area is 85.7 Å². The molecule has 0 amide bonds. The maximum Gasteiger partial charge on any atom is 0.181 e. The largest absolute Gasteiger partial charge is 0.448 e. The first kappa shape index (κ1) is 11.2. The molecular weight excluding hydrogens is 176 g/mol. The lowest BCUT2D eigenvalue weighted by molar-refractivity contribution is 0.247. The van der Waals surface area contributed by atoms with Crippen LogP contribution in [0.1, 0.15) is 39.1 Å². The van der Waals surface area contributed by atoms with Crippen molar-refractivity contribution in [2.45, 2.75) is 40.7 Å². The Balaban J connectivity index is 2.69. The topological polar surface area (TPSA) is 52.0 Å². The quantitative estimate of drug-likeness (QED) is 0.807. The highest BCUT2D eigenvalue weighted by atomic mass is 16.3.